The van der Waals surface area contributed by atoms with Crippen LogP contribution in [-0.2, 0) is 17.7 Å². The van der Waals surface area contributed by atoms with Gasteiger partial charge >= 0.3 is 0 Å². The number of nitriles is 1. The van der Waals surface area contributed by atoms with E-state index in [9.17, 15) is 9.65 Å². The summed E-state index contributed by atoms with van der Waals surface area (Å²) in [6.07, 6.45) is 3.78. The molecule has 0 amide bonds. The molecule has 2 unspecified atom stereocenters. The van der Waals surface area contributed by atoms with E-state index in [0.29, 0.717) is 24.6 Å². The number of halogens is 1. The van der Waals surface area contributed by atoms with Gasteiger partial charge in [0.2, 0.25) is 0 Å². The van der Waals surface area contributed by atoms with Crippen LogP contribution < -0.4 is 0 Å². The molecule has 2 bridgehead atoms. The van der Waals surface area contributed by atoms with Crippen LogP contribution in [0.1, 0.15) is 23.1 Å². The highest BCUT2D eigenvalue weighted by atomic mass is 19.1. The normalized spacial score (nSPS) is 22.5. The van der Waals surface area contributed by atoms with Crippen LogP contribution in [0.15, 0.2) is 60.2 Å². The summed E-state index contributed by atoms with van der Waals surface area (Å²) in [5, 5.41) is 9.29. The molecular weight excluding hydrogens is 327 g/mol. The molecule has 1 fully saturated rings. The van der Waals surface area contributed by atoms with Gasteiger partial charge in [-0.15, -0.1) is 0 Å². The summed E-state index contributed by atoms with van der Waals surface area (Å²) in [6, 6.07) is 17.6. The van der Waals surface area contributed by atoms with Crippen molar-refractivity contribution in [3.05, 3.63) is 82.7 Å². The highest BCUT2D eigenvalue weighted by Gasteiger charge is 2.34. The minimum Gasteiger partial charge on any atom is -0.378 e. The number of hydrogen-bond acceptors (Lipinski definition) is 3. The molecule has 2 aromatic rings. The molecule has 26 heavy (non-hydrogen) atoms. The van der Waals surface area contributed by atoms with Crippen molar-refractivity contribution in [3.63, 3.8) is 0 Å². The van der Waals surface area contributed by atoms with Crippen molar-refractivity contribution in [3.8, 4) is 6.07 Å². The van der Waals surface area contributed by atoms with E-state index in [4.69, 9.17) is 4.74 Å². The molecule has 0 N–H and O–H groups in total. The van der Waals surface area contributed by atoms with Crippen molar-refractivity contribution >= 4 is 0 Å². The number of nitrogens with zero attached hydrogens (tertiary/aromatic N) is 2. The highest BCUT2D eigenvalue weighted by Crippen LogP contribution is 2.31. The lowest BCUT2D eigenvalue weighted by atomic mass is 9.88. The Morgan fingerprint density at radius 2 is 2.00 bits per heavy atom. The molecule has 0 radical (unpaired) electrons. The molecular formula is C22H21FN2O. The first kappa shape index (κ1) is 17.0. The predicted molar refractivity (Wildman–Crippen MR) is 97.9 cm³/mol. The molecule has 0 spiro atoms. The van der Waals surface area contributed by atoms with Gasteiger partial charge in [0.05, 0.1) is 30.9 Å². The molecule has 2 atom stereocenters. The van der Waals surface area contributed by atoms with Gasteiger partial charge in [-0.3, -0.25) is 4.90 Å². The van der Waals surface area contributed by atoms with Gasteiger partial charge in [-0.05, 0) is 42.2 Å². The van der Waals surface area contributed by atoms with Crippen molar-refractivity contribution in [2.24, 2.45) is 0 Å². The van der Waals surface area contributed by atoms with Gasteiger partial charge in [0.1, 0.15) is 5.82 Å². The molecule has 0 aromatic heterocycles. The van der Waals surface area contributed by atoms with Crippen molar-refractivity contribution in [2.75, 3.05) is 13.2 Å². The third-order valence-corrected chi connectivity index (χ3v) is 5.23. The zero-order valence-electron chi connectivity index (χ0n) is 14.6. The molecule has 2 aromatic carbocycles. The van der Waals surface area contributed by atoms with Gasteiger partial charge in [0, 0.05) is 12.6 Å². The summed E-state index contributed by atoms with van der Waals surface area (Å²) in [7, 11) is 0. The molecule has 2 aliphatic heterocycles. The fourth-order valence-corrected chi connectivity index (χ4v) is 3.98. The van der Waals surface area contributed by atoms with Crippen molar-refractivity contribution in [2.45, 2.75) is 31.5 Å². The molecule has 0 saturated carbocycles. The van der Waals surface area contributed by atoms with Gasteiger partial charge in [0.15, 0.2) is 0 Å². The predicted octanol–water partition coefficient (Wildman–Crippen LogP) is 3.84. The van der Waals surface area contributed by atoms with Crippen molar-refractivity contribution in [1.29, 1.82) is 5.26 Å². The number of morpholine rings is 1. The van der Waals surface area contributed by atoms with Crippen LogP contribution in [0.25, 0.3) is 0 Å². The van der Waals surface area contributed by atoms with Crippen LogP contribution in [0.4, 0.5) is 4.39 Å². The number of ether oxygens (including phenoxy) is 1. The topological polar surface area (TPSA) is 36.3 Å². The zero-order valence-corrected chi connectivity index (χ0v) is 14.6. The van der Waals surface area contributed by atoms with E-state index in [0.717, 1.165) is 25.1 Å². The average Bonchev–Trinajstić information content (AvgIpc) is 2.63. The Morgan fingerprint density at radius 3 is 2.77 bits per heavy atom. The molecule has 2 heterocycles. The van der Waals surface area contributed by atoms with Crippen molar-refractivity contribution < 1.29 is 9.13 Å². The second-order valence-electron chi connectivity index (χ2n) is 7.04. The molecule has 2 aliphatic rings. The first-order valence-electron chi connectivity index (χ1n) is 8.98. The summed E-state index contributed by atoms with van der Waals surface area (Å²) in [5.74, 6) is -0.287. The molecule has 132 valence electrons. The van der Waals surface area contributed by atoms with Crippen LogP contribution in [-0.4, -0.2) is 30.2 Å². The maximum atomic E-state index is 13.6. The molecule has 0 aliphatic carbocycles. The lowest BCUT2D eigenvalue weighted by molar-refractivity contribution is -0.0440. The number of hydrogen-bond donors (Lipinski definition) is 0. The van der Waals surface area contributed by atoms with Crippen LogP contribution in [0, 0.1) is 17.1 Å². The number of rotatable bonds is 4. The monoisotopic (exact) mass is 348 g/mol. The average molecular weight is 348 g/mol. The summed E-state index contributed by atoms with van der Waals surface area (Å²) >= 11 is 0. The molecule has 1 saturated heterocycles. The summed E-state index contributed by atoms with van der Waals surface area (Å²) < 4.78 is 19.4. The Labute approximate surface area is 153 Å². The van der Waals surface area contributed by atoms with Gasteiger partial charge in [-0.2, -0.15) is 5.26 Å². The van der Waals surface area contributed by atoms with E-state index >= 15 is 0 Å². The Morgan fingerprint density at radius 1 is 1.15 bits per heavy atom. The molecule has 4 rings (SSSR count). The second kappa shape index (κ2) is 7.41. The van der Waals surface area contributed by atoms with E-state index < -0.39 is 0 Å². The summed E-state index contributed by atoms with van der Waals surface area (Å²) in [4.78, 5) is 2.50. The van der Waals surface area contributed by atoms with Crippen molar-refractivity contribution in [1.82, 2.24) is 4.90 Å². The quantitative estimate of drug-likeness (QED) is 0.788. The zero-order chi connectivity index (χ0) is 17.9. The smallest absolute Gasteiger partial charge is 0.123 e. The van der Waals surface area contributed by atoms with Crippen LogP contribution in [0.5, 0.6) is 0 Å². The summed E-state index contributed by atoms with van der Waals surface area (Å²) in [6.45, 7) is 2.31. The van der Waals surface area contributed by atoms with Crippen LogP contribution in [0.3, 0.4) is 0 Å². The largest absolute Gasteiger partial charge is 0.378 e. The lowest BCUT2D eigenvalue weighted by Gasteiger charge is -2.45. The van der Waals surface area contributed by atoms with E-state index in [1.165, 1.54) is 23.3 Å². The number of benzene rings is 2. The second-order valence-corrected chi connectivity index (χ2v) is 7.04. The lowest BCUT2D eigenvalue weighted by Crippen LogP contribution is -2.53. The van der Waals surface area contributed by atoms with Crippen LogP contribution >= 0.6 is 0 Å². The van der Waals surface area contributed by atoms with E-state index in [2.05, 4.69) is 41.3 Å². The Kier molecular flexibility index (Phi) is 4.83. The number of fused-ring (bicyclic) bond motifs is 2. The highest BCUT2D eigenvalue weighted by molar-refractivity contribution is 5.40. The maximum Gasteiger partial charge on any atom is 0.123 e. The third kappa shape index (κ3) is 3.55. The van der Waals surface area contributed by atoms with Gasteiger partial charge in [-0.25, -0.2) is 4.39 Å². The van der Waals surface area contributed by atoms with E-state index in [-0.39, 0.29) is 11.9 Å². The van der Waals surface area contributed by atoms with Gasteiger partial charge in [-0.1, -0.05) is 42.0 Å². The maximum absolute atomic E-state index is 13.6. The Bertz CT molecular complexity index is 856. The minimum absolute atomic E-state index is 0.233. The minimum atomic E-state index is -0.287. The Hall–Kier alpha value is -2.48. The first-order chi connectivity index (χ1) is 12.7. The fourth-order valence-electron chi connectivity index (χ4n) is 3.98. The Balaban J connectivity index is 1.55. The van der Waals surface area contributed by atoms with E-state index in [1.54, 1.807) is 6.07 Å². The first-order valence-corrected chi connectivity index (χ1v) is 8.98. The SMILES string of the molecule is N#Cc1ccc(F)cc1CC1=CC2COCC(C1)N2Cc1ccccc1. The standard InChI is InChI=1S/C22H21FN2O/c23-20-7-6-18(12-24)19(11-20)8-17-9-21-14-26-15-22(10-17)25(21)13-16-4-2-1-3-5-16/h1-7,9,11,21-22H,8,10,13-15H2. The molecule has 4 heteroatoms. The van der Waals surface area contributed by atoms with Gasteiger partial charge in [0.25, 0.3) is 0 Å². The fraction of sp³-hybridized carbons (Fsp3) is 0.318. The summed E-state index contributed by atoms with van der Waals surface area (Å²) in [5.41, 5.74) is 3.91. The molecule has 3 nitrogen and oxygen atoms in total. The van der Waals surface area contributed by atoms with E-state index in [1.807, 2.05) is 6.07 Å². The van der Waals surface area contributed by atoms with Gasteiger partial charge < -0.3 is 4.74 Å². The third-order valence-electron chi connectivity index (χ3n) is 5.23. The van der Waals surface area contributed by atoms with Crippen LogP contribution in [0.2, 0.25) is 0 Å².